The molecule has 2 amide bonds. The van der Waals surface area contributed by atoms with E-state index in [9.17, 15) is 9.59 Å². The summed E-state index contributed by atoms with van der Waals surface area (Å²) >= 11 is 0. The number of hydrogen-bond donors (Lipinski definition) is 2. The lowest BCUT2D eigenvalue weighted by molar-refractivity contribution is -0.111. The number of nitrogens with one attached hydrogen (secondary N) is 2. The molecule has 1 heterocycles. The van der Waals surface area contributed by atoms with Crippen molar-refractivity contribution >= 4 is 23.6 Å². The second-order valence-electron chi connectivity index (χ2n) is 4.88. The standard InChI is InChI=1S/C16H18N4O2/c1-11-8-13(16(22)17-2)5-6-14(11)19-15(21)7-4-12-9-18-20(3)10-12/h4-10H,1-3H3,(H,17,22)(H,19,21). The van der Waals surface area contributed by atoms with Crippen molar-refractivity contribution in [3.63, 3.8) is 0 Å². The number of carbonyl (C=O) groups excluding carboxylic acids is 2. The SMILES string of the molecule is CNC(=O)c1ccc(NC(=O)C=Cc2cnn(C)c2)c(C)c1. The van der Waals surface area contributed by atoms with Gasteiger partial charge in [-0.15, -0.1) is 0 Å². The summed E-state index contributed by atoms with van der Waals surface area (Å²) in [6.07, 6.45) is 6.63. The molecule has 2 aromatic rings. The summed E-state index contributed by atoms with van der Waals surface area (Å²) < 4.78 is 1.67. The maximum Gasteiger partial charge on any atom is 0.251 e. The summed E-state index contributed by atoms with van der Waals surface area (Å²) in [4.78, 5) is 23.5. The third kappa shape index (κ3) is 3.82. The maximum absolute atomic E-state index is 11.9. The first-order valence-corrected chi connectivity index (χ1v) is 6.80. The summed E-state index contributed by atoms with van der Waals surface area (Å²) in [6, 6.07) is 5.13. The molecule has 0 unspecified atom stereocenters. The molecule has 0 bridgehead atoms. The topological polar surface area (TPSA) is 76.0 Å². The van der Waals surface area contributed by atoms with Gasteiger partial charge in [-0.3, -0.25) is 14.3 Å². The smallest absolute Gasteiger partial charge is 0.251 e. The van der Waals surface area contributed by atoms with Gasteiger partial charge >= 0.3 is 0 Å². The normalized spacial score (nSPS) is 10.7. The van der Waals surface area contributed by atoms with E-state index in [2.05, 4.69) is 15.7 Å². The van der Waals surface area contributed by atoms with Gasteiger partial charge in [0.1, 0.15) is 0 Å². The van der Waals surface area contributed by atoms with E-state index < -0.39 is 0 Å². The zero-order valence-corrected chi connectivity index (χ0v) is 12.8. The number of aromatic nitrogens is 2. The Hall–Kier alpha value is -2.89. The molecule has 6 nitrogen and oxygen atoms in total. The zero-order chi connectivity index (χ0) is 16.1. The van der Waals surface area contributed by atoms with Gasteiger partial charge in [0.2, 0.25) is 5.91 Å². The molecule has 0 aliphatic heterocycles. The van der Waals surface area contributed by atoms with Crippen LogP contribution in [0.25, 0.3) is 6.08 Å². The van der Waals surface area contributed by atoms with Crippen LogP contribution in [0.2, 0.25) is 0 Å². The van der Waals surface area contributed by atoms with Crippen LogP contribution in [0.4, 0.5) is 5.69 Å². The highest BCUT2D eigenvalue weighted by Crippen LogP contribution is 2.16. The molecule has 1 aromatic carbocycles. The van der Waals surface area contributed by atoms with Crippen LogP contribution in [0.5, 0.6) is 0 Å². The van der Waals surface area contributed by atoms with Crippen molar-refractivity contribution in [3.8, 4) is 0 Å². The first-order valence-electron chi connectivity index (χ1n) is 6.80. The minimum atomic E-state index is -0.236. The Labute approximate surface area is 128 Å². The van der Waals surface area contributed by atoms with E-state index in [0.717, 1.165) is 11.1 Å². The molecule has 2 rings (SSSR count). The summed E-state index contributed by atoms with van der Waals surface area (Å²) in [7, 11) is 3.39. The first-order chi connectivity index (χ1) is 10.5. The van der Waals surface area contributed by atoms with Crippen molar-refractivity contribution in [2.75, 3.05) is 12.4 Å². The fraction of sp³-hybridized carbons (Fsp3) is 0.188. The Balaban J connectivity index is 2.05. The van der Waals surface area contributed by atoms with Crippen LogP contribution in [-0.2, 0) is 11.8 Å². The third-order valence-electron chi connectivity index (χ3n) is 3.13. The third-order valence-corrected chi connectivity index (χ3v) is 3.13. The number of amides is 2. The van der Waals surface area contributed by atoms with E-state index in [4.69, 9.17) is 0 Å². The summed E-state index contributed by atoms with van der Waals surface area (Å²) in [5.74, 6) is -0.392. The quantitative estimate of drug-likeness (QED) is 0.844. The van der Waals surface area contributed by atoms with E-state index in [1.807, 2.05) is 20.2 Å². The van der Waals surface area contributed by atoms with Gasteiger partial charge in [0.05, 0.1) is 6.20 Å². The molecule has 2 N–H and O–H groups in total. The average Bonchev–Trinajstić information content (AvgIpc) is 2.92. The molecule has 0 fully saturated rings. The van der Waals surface area contributed by atoms with E-state index in [-0.39, 0.29) is 11.8 Å². The molecule has 6 heteroatoms. The molecular weight excluding hydrogens is 280 g/mol. The molecule has 0 saturated heterocycles. The summed E-state index contributed by atoms with van der Waals surface area (Å²) in [6.45, 7) is 1.84. The second kappa shape index (κ2) is 6.71. The number of benzene rings is 1. The van der Waals surface area contributed by atoms with Gasteiger partial charge in [0, 0.05) is 43.2 Å². The van der Waals surface area contributed by atoms with Crippen LogP contribution in [0.15, 0.2) is 36.7 Å². The minimum absolute atomic E-state index is 0.155. The first kappa shape index (κ1) is 15.5. The predicted octanol–water partition coefficient (Wildman–Crippen LogP) is 1.74. The Bertz CT molecular complexity index is 731. The highest BCUT2D eigenvalue weighted by molar-refractivity contribution is 6.03. The summed E-state index contributed by atoms with van der Waals surface area (Å²) in [5.41, 5.74) is 2.91. The number of nitrogens with zero attached hydrogens (tertiary/aromatic N) is 2. The number of carbonyl (C=O) groups is 2. The van der Waals surface area contributed by atoms with Gasteiger partial charge in [-0.25, -0.2) is 0 Å². The van der Waals surface area contributed by atoms with Crippen LogP contribution < -0.4 is 10.6 Å². The fourth-order valence-electron chi connectivity index (χ4n) is 1.96. The van der Waals surface area contributed by atoms with Gasteiger partial charge in [-0.1, -0.05) is 0 Å². The number of rotatable bonds is 4. The van der Waals surface area contributed by atoms with Crippen LogP contribution in [0, 0.1) is 6.92 Å². The summed E-state index contributed by atoms with van der Waals surface area (Å²) in [5, 5.41) is 9.37. The van der Waals surface area contributed by atoms with Gasteiger partial charge in [-0.2, -0.15) is 5.10 Å². The van der Waals surface area contributed by atoms with E-state index in [0.29, 0.717) is 11.3 Å². The lowest BCUT2D eigenvalue weighted by atomic mass is 10.1. The molecule has 0 radical (unpaired) electrons. The Morgan fingerprint density at radius 3 is 2.68 bits per heavy atom. The van der Waals surface area contributed by atoms with Gasteiger partial charge in [0.25, 0.3) is 5.91 Å². The highest BCUT2D eigenvalue weighted by atomic mass is 16.2. The molecule has 22 heavy (non-hydrogen) atoms. The van der Waals surface area contributed by atoms with Crippen LogP contribution >= 0.6 is 0 Å². The largest absolute Gasteiger partial charge is 0.355 e. The highest BCUT2D eigenvalue weighted by Gasteiger charge is 2.07. The lowest BCUT2D eigenvalue weighted by Gasteiger charge is -2.08. The monoisotopic (exact) mass is 298 g/mol. The van der Waals surface area contributed by atoms with Gasteiger partial charge < -0.3 is 10.6 Å². The maximum atomic E-state index is 11.9. The number of aryl methyl sites for hydroxylation is 2. The van der Waals surface area contributed by atoms with Gasteiger partial charge in [0.15, 0.2) is 0 Å². The van der Waals surface area contributed by atoms with Crippen LogP contribution in [0.3, 0.4) is 0 Å². The number of anilines is 1. The molecule has 114 valence electrons. The fourth-order valence-corrected chi connectivity index (χ4v) is 1.96. The molecular formula is C16H18N4O2. The van der Waals surface area contributed by atoms with Crippen molar-refractivity contribution in [1.29, 1.82) is 0 Å². The van der Waals surface area contributed by atoms with E-state index in [1.165, 1.54) is 6.08 Å². The lowest BCUT2D eigenvalue weighted by Crippen LogP contribution is -2.18. The minimum Gasteiger partial charge on any atom is -0.355 e. The van der Waals surface area contributed by atoms with Crippen molar-refractivity contribution in [2.45, 2.75) is 6.92 Å². The zero-order valence-electron chi connectivity index (χ0n) is 12.8. The Morgan fingerprint density at radius 2 is 2.09 bits per heavy atom. The molecule has 0 saturated carbocycles. The van der Waals surface area contributed by atoms with E-state index in [1.54, 1.807) is 42.2 Å². The Morgan fingerprint density at radius 1 is 1.32 bits per heavy atom. The predicted molar refractivity (Wildman–Crippen MR) is 85.4 cm³/mol. The van der Waals surface area contributed by atoms with Crippen LogP contribution in [0.1, 0.15) is 21.5 Å². The van der Waals surface area contributed by atoms with Crippen molar-refractivity contribution in [3.05, 3.63) is 53.4 Å². The average molecular weight is 298 g/mol. The molecule has 0 atom stereocenters. The van der Waals surface area contributed by atoms with Crippen molar-refractivity contribution < 1.29 is 9.59 Å². The van der Waals surface area contributed by atoms with Crippen molar-refractivity contribution in [1.82, 2.24) is 15.1 Å². The Kier molecular flexibility index (Phi) is 4.73. The second-order valence-corrected chi connectivity index (χ2v) is 4.88. The molecule has 1 aromatic heterocycles. The van der Waals surface area contributed by atoms with Gasteiger partial charge in [-0.05, 0) is 36.8 Å². The molecule has 0 aliphatic rings. The van der Waals surface area contributed by atoms with E-state index >= 15 is 0 Å². The molecule has 0 spiro atoms. The van der Waals surface area contributed by atoms with Crippen LogP contribution in [-0.4, -0.2) is 28.6 Å². The number of hydrogen-bond acceptors (Lipinski definition) is 3. The molecule has 0 aliphatic carbocycles. The van der Waals surface area contributed by atoms with Crippen molar-refractivity contribution in [2.24, 2.45) is 7.05 Å².